The summed E-state index contributed by atoms with van der Waals surface area (Å²) in [6, 6.07) is 1.95. The molecule has 0 bridgehead atoms. The minimum atomic E-state index is 0.760. The summed E-state index contributed by atoms with van der Waals surface area (Å²) in [5, 5.41) is 0. The third-order valence-corrected chi connectivity index (χ3v) is 2.27. The summed E-state index contributed by atoms with van der Waals surface area (Å²) in [5.41, 5.74) is 0. The standard InChI is InChI=1S/C11H20N4/c1-5-6-9-15(4)10-7-8-12-11(13-10)14(2)3/h7-8H,5-6,9H2,1-4H3. The highest BCUT2D eigenvalue weighted by molar-refractivity contribution is 5.42. The van der Waals surface area contributed by atoms with Crippen molar-refractivity contribution in [1.82, 2.24) is 9.97 Å². The molecule has 0 spiro atoms. The predicted octanol–water partition coefficient (Wildman–Crippen LogP) is 1.78. The molecule has 0 saturated heterocycles. The lowest BCUT2D eigenvalue weighted by atomic mass is 10.3. The molecule has 15 heavy (non-hydrogen) atoms. The van der Waals surface area contributed by atoms with Crippen LogP contribution in [0.3, 0.4) is 0 Å². The fourth-order valence-electron chi connectivity index (χ4n) is 1.28. The highest BCUT2D eigenvalue weighted by Gasteiger charge is 2.04. The van der Waals surface area contributed by atoms with Gasteiger partial charge in [-0.2, -0.15) is 4.98 Å². The van der Waals surface area contributed by atoms with Crippen LogP contribution in [-0.2, 0) is 0 Å². The van der Waals surface area contributed by atoms with Gasteiger partial charge in [0.2, 0.25) is 5.95 Å². The molecule has 0 aliphatic carbocycles. The Hall–Kier alpha value is -1.32. The van der Waals surface area contributed by atoms with E-state index in [0.29, 0.717) is 0 Å². The Labute approximate surface area is 91.9 Å². The molecule has 0 atom stereocenters. The lowest BCUT2D eigenvalue weighted by Gasteiger charge is -2.19. The van der Waals surface area contributed by atoms with Crippen molar-refractivity contribution in [2.24, 2.45) is 0 Å². The van der Waals surface area contributed by atoms with Gasteiger partial charge in [-0.15, -0.1) is 0 Å². The van der Waals surface area contributed by atoms with E-state index in [2.05, 4.69) is 28.8 Å². The van der Waals surface area contributed by atoms with Crippen LogP contribution in [0.5, 0.6) is 0 Å². The van der Waals surface area contributed by atoms with Crippen molar-refractivity contribution in [1.29, 1.82) is 0 Å². The number of unbranched alkanes of at least 4 members (excludes halogenated alkanes) is 1. The van der Waals surface area contributed by atoms with Crippen LogP contribution in [0.2, 0.25) is 0 Å². The highest BCUT2D eigenvalue weighted by Crippen LogP contribution is 2.12. The summed E-state index contributed by atoms with van der Waals surface area (Å²) in [6.07, 6.45) is 4.20. The first-order chi connectivity index (χ1) is 7.15. The van der Waals surface area contributed by atoms with E-state index in [0.717, 1.165) is 18.3 Å². The number of aromatic nitrogens is 2. The summed E-state index contributed by atoms with van der Waals surface area (Å²) in [4.78, 5) is 12.7. The maximum Gasteiger partial charge on any atom is 0.226 e. The van der Waals surface area contributed by atoms with Crippen molar-refractivity contribution in [3.05, 3.63) is 12.3 Å². The van der Waals surface area contributed by atoms with Crippen molar-refractivity contribution in [3.8, 4) is 0 Å². The molecule has 0 amide bonds. The largest absolute Gasteiger partial charge is 0.360 e. The van der Waals surface area contributed by atoms with Crippen LogP contribution >= 0.6 is 0 Å². The van der Waals surface area contributed by atoms with Crippen molar-refractivity contribution in [3.63, 3.8) is 0 Å². The third-order valence-electron chi connectivity index (χ3n) is 2.27. The van der Waals surface area contributed by atoms with Gasteiger partial charge in [0.1, 0.15) is 5.82 Å². The summed E-state index contributed by atoms with van der Waals surface area (Å²) in [6.45, 7) is 3.24. The van der Waals surface area contributed by atoms with Crippen molar-refractivity contribution in [2.75, 3.05) is 37.5 Å². The summed E-state index contributed by atoms with van der Waals surface area (Å²) < 4.78 is 0. The van der Waals surface area contributed by atoms with Crippen LogP contribution in [0.1, 0.15) is 19.8 Å². The molecule has 0 radical (unpaired) electrons. The molecule has 0 unspecified atom stereocenters. The first kappa shape index (κ1) is 11.8. The van der Waals surface area contributed by atoms with E-state index >= 15 is 0 Å². The minimum absolute atomic E-state index is 0.760. The van der Waals surface area contributed by atoms with E-state index in [1.54, 1.807) is 6.20 Å². The molecule has 84 valence electrons. The van der Waals surface area contributed by atoms with Gasteiger partial charge < -0.3 is 9.80 Å². The topological polar surface area (TPSA) is 32.3 Å². The van der Waals surface area contributed by atoms with E-state index in [1.807, 2.05) is 25.1 Å². The first-order valence-electron chi connectivity index (χ1n) is 5.36. The van der Waals surface area contributed by atoms with Gasteiger partial charge in [0.15, 0.2) is 0 Å². The molecular weight excluding hydrogens is 188 g/mol. The summed E-state index contributed by atoms with van der Waals surface area (Å²) >= 11 is 0. The first-order valence-corrected chi connectivity index (χ1v) is 5.36. The van der Waals surface area contributed by atoms with E-state index in [4.69, 9.17) is 0 Å². The molecule has 0 N–H and O–H groups in total. The Bertz CT molecular complexity index is 298. The van der Waals surface area contributed by atoms with Gasteiger partial charge in [0, 0.05) is 33.9 Å². The molecule has 1 aromatic rings. The Morgan fingerprint density at radius 2 is 2.00 bits per heavy atom. The van der Waals surface area contributed by atoms with Crippen LogP contribution in [0.4, 0.5) is 11.8 Å². The van der Waals surface area contributed by atoms with Crippen LogP contribution in [0.15, 0.2) is 12.3 Å². The minimum Gasteiger partial charge on any atom is -0.360 e. The number of anilines is 2. The second kappa shape index (κ2) is 5.53. The van der Waals surface area contributed by atoms with E-state index < -0.39 is 0 Å². The third kappa shape index (κ3) is 3.38. The van der Waals surface area contributed by atoms with Gasteiger partial charge in [-0.3, -0.25) is 0 Å². The van der Waals surface area contributed by atoms with Crippen molar-refractivity contribution < 1.29 is 0 Å². The molecule has 0 aromatic carbocycles. The quantitative estimate of drug-likeness (QED) is 0.738. The van der Waals surface area contributed by atoms with E-state index in [9.17, 15) is 0 Å². The molecule has 1 heterocycles. The van der Waals surface area contributed by atoms with Gasteiger partial charge in [-0.25, -0.2) is 4.98 Å². The number of nitrogens with zero attached hydrogens (tertiary/aromatic N) is 4. The maximum atomic E-state index is 4.47. The number of hydrogen-bond acceptors (Lipinski definition) is 4. The van der Waals surface area contributed by atoms with Gasteiger partial charge in [0.05, 0.1) is 0 Å². The van der Waals surface area contributed by atoms with Gasteiger partial charge in [-0.1, -0.05) is 13.3 Å². The number of hydrogen-bond donors (Lipinski definition) is 0. The predicted molar refractivity (Wildman–Crippen MR) is 64.5 cm³/mol. The monoisotopic (exact) mass is 208 g/mol. The molecule has 0 fully saturated rings. The Morgan fingerprint density at radius 3 is 2.60 bits per heavy atom. The average Bonchev–Trinajstić information content (AvgIpc) is 2.26. The van der Waals surface area contributed by atoms with E-state index in [1.165, 1.54) is 12.8 Å². The van der Waals surface area contributed by atoms with Crippen molar-refractivity contribution in [2.45, 2.75) is 19.8 Å². The lowest BCUT2D eigenvalue weighted by molar-refractivity contribution is 0.757. The fraction of sp³-hybridized carbons (Fsp3) is 0.636. The summed E-state index contributed by atoms with van der Waals surface area (Å²) in [5.74, 6) is 1.75. The SMILES string of the molecule is CCCCN(C)c1ccnc(N(C)C)n1. The Kier molecular flexibility index (Phi) is 4.34. The van der Waals surface area contributed by atoms with Crippen molar-refractivity contribution >= 4 is 11.8 Å². The molecular formula is C11H20N4. The smallest absolute Gasteiger partial charge is 0.226 e. The molecule has 4 heteroatoms. The normalized spacial score (nSPS) is 10.1. The Morgan fingerprint density at radius 1 is 1.27 bits per heavy atom. The lowest BCUT2D eigenvalue weighted by Crippen LogP contribution is -2.21. The second-order valence-corrected chi connectivity index (χ2v) is 3.88. The molecule has 0 aliphatic rings. The van der Waals surface area contributed by atoms with Gasteiger partial charge >= 0.3 is 0 Å². The Balaban J connectivity index is 2.71. The zero-order valence-corrected chi connectivity index (χ0v) is 10.1. The zero-order chi connectivity index (χ0) is 11.3. The molecule has 1 rings (SSSR count). The zero-order valence-electron chi connectivity index (χ0n) is 10.1. The second-order valence-electron chi connectivity index (χ2n) is 3.88. The molecule has 0 aliphatic heterocycles. The fourth-order valence-corrected chi connectivity index (χ4v) is 1.28. The average molecular weight is 208 g/mol. The molecule has 4 nitrogen and oxygen atoms in total. The molecule has 1 aromatic heterocycles. The van der Waals surface area contributed by atoms with Gasteiger partial charge in [0.25, 0.3) is 0 Å². The maximum absolute atomic E-state index is 4.47. The van der Waals surface area contributed by atoms with Crippen LogP contribution < -0.4 is 9.80 Å². The number of rotatable bonds is 5. The molecule has 0 saturated carbocycles. The van der Waals surface area contributed by atoms with Crippen LogP contribution in [0.25, 0.3) is 0 Å². The van der Waals surface area contributed by atoms with Crippen LogP contribution in [0, 0.1) is 0 Å². The highest BCUT2D eigenvalue weighted by atomic mass is 15.3. The van der Waals surface area contributed by atoms with Crippen LogP contribution in [-0.4, -0.2) is 37.7 Å². The van der Waals surface area contributed by atoms with Gasteiger partial charge in [-0.05, 0) is 12.5 Å². The summed E-state index contributed by atoms with van der Waals surface area (Å²) in [7, 11) is 5.97. The van der Waals surface area contributed by atoms with E-state index in [-0.39, 0.29) is 0 Å².